The number of benzene rings is 5. The molecule has 0 unspecified atom stereocenters. The van der Waals surface area contributed by atoms with E-state index in [2.05, 4.69) is 132 Å². The molecule has 6 aromatic rings. The van der Waals surface area contributed by atoms with Crippen molar-refractivity contribution in [2.45, 2.75) is 24.9 Å². The van der Waals surface area contributed by atoms with Gasteiger partial charge in [-0.25, -0.2) is 4.98 Å². The molecule has 0 aliphatic heterocycles. The first kappa shape index (κ1) is 31.6. The summed E-state index contributed by atoms with van der Waals surface area (Å²) in [6.45, 7) is 2.96. The fraction of sp³-hybridized carbons (Fsp3) is 0.125. The molecular weight excluding hydrogens is 563 g/mol. The van der Waals surface area contributed by atoms with E-state index in [0.29, 0.717) is 0 Å². The highest BCUT2D eigenvalue weighted by molar-refractivity contribution is 6.57. The van der Waals surface area contributed by atoms with Crippen LogP contribution in [0.15, 0.2) is 170 Å². The molecule has 0 aliphatic carbocycles. The largest absolute Gasteiger partial charge is 0.494 e. The molecule has 2 radical (unpaired) electrons. The lowest BCUT2D eigenvalue weighted by atomic mass is 9.92. The Bertz CT molecular complexity index is 1630. The van der Waals surface area contributed by atoms with Gasteiger partial charge >= 0.3 is 0 Å². The van der Waals surface area contributed by atoms with Crippen LogP contribution in [0.25, 0.3) is 5.57 Å². The van der Waals surface area contributed by atoms with Gasteiger partial charge in [-0.05, 0) is 46.4 Å². The molecule has 6 rings (SSSR count). The van der Waals surface area contributed by atoms with E-state index < -0.39 is 9.52 Å². The standard InChI is InChI=1S/C26H28N2OSi.C14H11B/c1-2-3-20-29-24-14-16-25(17-15-24)30-26(28-19-18-27-21-28,22-10-6-4-7-11-22)23-12-8-5-9-13-23;15-11-14(12-7-3-1-4-8-12)13-9-5-2-6-10-13/h4-19,21H,2-3,20,30H2,1H3;1-11H. The molecule has 3 nitrogen and oxygen atoms in total. The Morgan fingerprint density at radius 2 is 1.24 bits per heavy atom. The van der Waals surface area contributed by atoms with Crippen molar-refractivity contribution < 1.29 is 4.74 Å². The lowest BCUT2D eigenvalue weighted by Crippen LogP contribution is -2.46. The van der Waals surface area contributed by atoms with E-state index in [1.807, 2.05) is 48.9 Å². The molecule has 0 aliphatic rings. The molecule has 1 aromatic heterocycles. The molecule has 0 N–H and O–H groups in total. The minimum absolute atomic E-state index is 0.246. The number of nitrogens with zero attached hydrogens (tertiary/aromatic N) is 2. The van der Waals surface area contributed by atoms with Gasteiger partial charge in [-0.15, -0.1) is 5.98 Å². The quantitative estimate of drug-likeness (QED) is 0.113. The second-order valence-electron chi connectivity index (χ2n) is 10.9. The van der Waals surface area contributed by atoms with Gasteiger partial charge in [0.1, 0.15) is 13.6 Å². The highest BCUT2D eigenvalue weighted by atomic mass is 28.2. The number of unbranched alkanes of at least 4 members (excludes halogenated alkanes) is 1. The van der Waals surface area contributed by atoms with Gasteiger partial charge in [0.15, 0.2) is 0 Å². The van der Waals surface area contributed by atoms with Gasteiger partial charge in [-0.1, -0.05) is 152 Å². The molecule has 0 saturated carbocycles. The Labute approximate surface area is 271 Å². The monoisotopic (exact) mass is 602 g/mol. The highest BCUT2D eigenvalue weighted by Crippen LogP contribution is 2.33. The van der Waals surface area contributed by atoms with Gasteiger partial charge < -0.3 is 9.30 Å². The number of ether oxygens (including phenoxy) is 1. The first-order valence-electron chi connectivity index (χ1n) is 15.6. The molecule has 5 heteroatoms. The maximum Gasteiger partial charge on any atom is 0.119 e. The summed E-state index contributed by atoms with van der Waals surface area (Å²) in [4.78, 5) is 4.40. The third-order valence-corrected chi connectivity index (χ3v) is 10.5. The van der Waals surface area contributed by atoms with Crippen molar-refractivity contribution in [2.75, 3.05) is 6.61 Å². The summed E-state index contributed by atoms with van der Waals surface area (Å²) in [5, 5.41) is 1.14. The predicted octanol–water partition coefficient (Wildman–Crippen LogP) is 7.55. The Kier molecular flexibility index (Phi) is 11.4. The number of hydrogen-bond donors (Lipinski definition) is 0. The number of aromatic nitrogens is 2. The third-order valence-electron chi connectivity index (χ3n) is 7.93. The molecule has 1 heterocycles. The van der Waals surface area contributed by atoms with Crippen molar-refractivity contribution in [1.82, 2.24) is 9.55 Å². The molecule has 0 fully saturated rings. The average Bonchev–Trinajstić information content (AvgIpc) is 3.66. The molecule has 0 atom stereocenters. The van der Waals surface area contributed by atoms with Gasteiger partial charge in [0.2, 0.25) is 0 Å². The van der Waals surface area contributed by atoms with Crippen molar-refractivity contribution in [2.24, 2.45) is 0 Å². The fourth-order valence-corrected chi connectivity index (χ4v) is 7.91. The molecule has 45 heavy (non-hydrogen) atoms. The Balaban J connectivity index is 0.000000223. The molecule has 0 bridgehead atoms. The minimum atomic E-state index is -0.842. The summed E-state index contributed by atoms with van der Waals surface area (Å²) in [6.07, 6.45) is 8.15. The third kappa shape index (κ3) is 8.00. The van der Waals surface area contributed by atoms with Crippen LogP contribution >= 0.6 is 0 Å². The van der Waals surface area contributed by atoms with E-state index in [-0.39, 0.29) is 5.16 Å². The lowest BCUT2D eigenvalue weighted by Gasteiger charge is -2.37. The van der Waals surface area contributed by atoms with Gasteiger partial charge in [0.05, 0.1) is 27.6 Å². The summed E-state index contributed by atoms with van der Waals surface area (Å²) in [5.41, 5.74) is 5.95. The van der Waals surface area contributed by atoms with E-state index in [1.54, 1.807) is 5.98 Å². The van der Waals surface area contributed by atoms with Gasteiger partial charge in [0, 0.05) is 12.4 Å². The zero-order valence-corrected chi connectivity index (χ0v) is 27.3. The second-order valence-corrected chi connectivity index (χ2v) is 13.1. The summed E-state index contributed by atoms with van der Waals surface area (Å²) in [5.74, 6) is 2.61. The zero-order chi connectivity index (χ0) is 31.2. The van der Waals surface area contributed by atoms with E-state index in [4.69, 9.17) is 12.6 Å². The van der Waals surface area contributed by atoms with Crippen LogP contribution in [0.3, 0.4) is 0 Å². The molecule has 5 aromatic carbocycles. The summed E-state index contributed by atoms with van der Waals surface area (Å²) in [7, 11) is 4.83. The Morgan fingerprint density at radius 3 is 1.69 bits per heavy atom. The smallest absolute Gasteiger partial charge is 0.119 e. The molecular formula is C40H39BN2OSi. The topological polar surface area (TPSA) is 27.1 Å². The zero-order valence-electron chi connectivity index (χ0n) is 25.9. The van der Waals surface area contributed by atoms with Crippen LogP contribution in [-0.2, 0) is 5.16 Å². The van der Waals surface area contributed by atoms with Gasteiger partial charge in [0.25, 0.3) is 0 Å². The normalized spacial score (nSPS) is 11.0. The van der Waals surface area contributed by atoms with Crippen molar-refractivity contribution >= 4 is 28.1 Å². The first-order valence-corrected chi connectivity index (χ1v) is 17.0. The SMILES string of the molecule is CCCCOc1ccc([SiH2]C(c2ccccc2)(c2ccccc2)n2ccnc2)cc1.[B]C=C(c1ccccc1)c1ccccc1. The van der Waals surface area contributed by atoms with Crippen LogP contribution in [-0.4, -0.2) is 33.5 Å². The van der Waals surface area contributed by atoms with Crippen LogP contribution in [0.1, 0.15) is 42.0 Å². The van der Waals surface area contributed by atoms with Crippen LogP contribution in [0, 0.1) is 0 Å². The lowest BCUT2D eigenvalue weighted by molar-refractivity contribution is 0.309. The van der Waals surface area contributed by atoms with Crippen molar-refractivity contribution in [3.63, 3.8) is 0 Å². The van der Waals surface area contributed by atoms with Crippen LogP contribution in [0.2, 0.25) is 0 Å². The summed E-state index contributed by atoms with van der Waals surface area (Å²) >= 11 is 0. The van der Waals surface area contributed by atoms with Crippen molar-refractivity contribution in [3.8, 4) is 5.75 Å². The highest BCUT2D eigenvalue weighted by Gasteiger charge is 2.36. The molecule has 0 amide bonds. The predicted molar refractivity (Wildman–Crippen MR) is 192 cm³/mol. The number of rotatable bonds is 11. The molecule has 0 spiro atoms. The average molecular weight is 603 g/mol. The summed E-state index contributed by atoms with van der Waals surface area (Å²) in [6, 6.07) is 50.7. The summed E-state index contributed by atoms with van der Waals surface area (Å²) < 4.78 is 8.16. The Hall–Kier alpha value is -4.87. The van der Waals surface area contributed by atoms with Crippen LogP contribution in [0.5, 0.6) is 5.75 Å². The van der Waals surface area contributed by atoms with Gasteiger partial charge in [-0.2, -0.15) is 0 Å². The second kappa shape index (κ2) is 16.3. The van der Waals surface area contributed by atoms with Gasteiger partial charge in [-0.3, -0.25) is 0 Å². The number of hydrogen-bond acceptors (Lipinski definition) is 2. The van der Waals surface area contributed by atoms with E-state index in [9.17, 15) is 0 Å². The van der Waals surface area contributed by atoms with Crippen molar-refractivity contribution in [3.05, 3.63) is 193 Å². The molecule has 222 valence electrons. The van der Waals surface area contributed by atoms with Crippen molar-refractivity contribution in [1.29, 1.82) is 0 Å². The Morgan fingerprint density at radius 1 is 0.733 bits per heavy atom. The van der Waals surface area contributed by atoms with E-state index in [0.717, 1.165) is 41.9 Å². The van der Waals surface area contributed by atoms with E-state index in [1.165, 1.54) is 16.3 Å². The van der Waals surface area contributed by atoms with Crippen LogP contribution < -0.4 is 9.92 Å². The fourth-order valence-electron chi connectivity index (χ4n) is 5.60. The molecule has 0 saturated heterocycles. The minimum Gasteiger partial charge on any atom is -0.494 e. The van der Waals surface area contributed by atoms with Crippen LogP contribution in [0.4, 0.5) is 0 Å². The first-order chi connectivity index (χ1) is 22.2. The maximum absolute atomic E-state index is 5.87. The maximum atomic E-state index is 5.87. The van der Waals surface area contributed by atoms with E-state index >= 15 is 0 Å². The number of imidazole rings is 1.